The third kappa shape index (κ3) is 5.55. The lowest BCUT2D eigenvalue weighted by atomic mass is 10.1. The number of aliphatic hydroxyl groups excluding tert-OH is 1. The second kappa shape index (κ2) is 10.2. The van der Waals surface area contributed by atoms with Crippen molar-refractivity contribution in [2.45, 2.75) is 19.3 Å². The van der Waals surface area contributed by atoms with Gasteiger partial charge in [-0.2, -0.15) is 0 Å². The minimum atomic E-state index is -0.548. The van der Waals surface area contributed by atoms with Gasteiger partial charge in [0.05, 0.1) is 17.7 Å². The summed E-state index contributed by atoms with van der Waals surface area (Å²) in [6.07, 6.45) is 2.96. The summed E-state index contributed by atoms with van der Waals surface area (Å²) in [5, 5.41) is 13.5. The monoisotopic (exact) mass is 442 g/mol. The lowest BCUT2D eigenvalue weighted by Gasteiger charge is -2.16. The molecule has 5 nitrogen and oxygen atoms in total. The van der Waals surface area contributed by atoms with E-state index < -0.39 is 6.10 Å². The molecular formula is C22H23BrN2O3. The minimum Gasteiger partial charge on any atom is -0.493 e. The van der Waals surface area contributed by atoms with Gasteiger partial charge in [-0.25, -0.2) is 0 Å². The maximum atomic E-state index is 10.3. The van der Waals surface area contributed by atoms with Gasteiger partial charge in [0, 0.05) is 31.0 Å². The van der Waals surface area contributed by atoms with Gasteiger partial charge in [0.25, 0.3) is 0 Å². The molecule has 1 aromatic heterocycles. The molecule has 0 aliphatic heterocycles. The van der Waals surface area contributed by atoms with Crippen molar-refractivity contribution in [1.29, 1.82) is 0 Å². The summed E-state index contributed by atoms with van der Waals surface area (Å²) < 4.78 is 12.2. The quantitative estimate of drug-likeness (QED) is 0.518. The summed E-state index contributed by atoms with van der Waals surface area (Å²) >= 11 is 3.57. The van der Waals surface area contributed by atoms with Gasteiger partial charge >= 0.3 is 0 Å². The SMILES string of the molecule is COc1cc(CNC[C@@H](O)c2ccccc2)cc(Br)c1OCc1cccnc1. The first kappa shape index (κ1) is 20.3. The van der Waals surface area contributed by atoms with Crippen LogP contribution in [0.15, 0.2) is 71.5 Å². The van der Waals surface area contributed by atoms with Gasteiger partial charge < -0.3 is 19.9 Å². The molecule has 0 aliphatic carbocycles. The first-order valence-electron chi connectivity index (χ1n) is 8.99. The van der Waals surface area contributed by atoms with Crippen LogP contribution in [0.1, 0.15) is 22.8 Å². The van der Waals surface area contributed by atoms with Gasteiger partial charge in [0.1, 0.15) is 6.61 Å². The van der Waals surface area contributed by atoms with Crippen molar-refractivity contribution in [2.75, 3.05) is 13.7 Å². The number of methoxy groups -OCH3 is 1. The van der Waals surface area contributed by atoms with Crippen molar-refractivity contribution in [1.82, 2.24) is 10.3 Å². The van der Waals surface area contributed by atoms with Crippen LogP contribution in [0.5, 0.6) is 11.5 Å². The molecule has 0 bridgehead atoms. The highest BCUT2D eigenvalue weighted by atomic mass is 79.9. The summed E-state index contributed by atoms with van der Waals surface area (Å²) in [7, 11) is 1.62. The van der Waals surface area contributed by atoms with Gasteiger partial charge in [-0.05, 0) is 45.3 Å². The number of nitrogens with one attached hydrogen (secondary N) is 1. The molecule has 0 radical (unpaired) electrons. The van der Waals surface area contributed by atoms with E-state index in [9.17, 15) is 5.11 Å². The summed E-state index contributed by atoms with van der Waals surface area (Å²) in [5.74, 6) is 1.30. The molecule has 1 atom stereocenters. The molecule has 0 amide bonds. The molecule has 28 heavy (non-hydrogen) atoms. The normalized spacial score (nSPS) is 11.8. The Bertz CT molecular complexity index is 876. The van der Waals surface area contributed by atoms with Crippen LogP contribution in [0, 0.1) is 0 Å². The third-order valence-electron chi connectivity index (χ3n) is 4.25. The molecule has 0 aliphatic rings. The minimum absolute atomic E-state index is 0.406. The van der Waals surface area contributed by atoms with Crippen molar-refractivity contribution in [3.05, 3.63) is 88.2 Å². The molecule has 0 saturated heterocycles. The fourth-order valence-electron chi connectivity index (χ4n) is 2.80. The molecule has 0 spiro atoms. The number of benzene rings is 2. The standard InChI is InChI=1S/C22H23BrN2O3/c1-27-21-11-17(13-25-14-20(26)18-7-3-2-4-8-18)10-19(23)22(21)28-15-16-6-5-9-24-12-16/h2-12,20,25-26H,13-15H2,1H3/t20-/m1/s1. The van der Waals surface area contributed by atoms with E-state index >= 15 is 0 Å². The zero-order chi connectivity index (χ0) is 19.8. The van der Waals surface area contributed by atoms with Crippen molar-refractivity contribution >= 4 is 15.9 Å². The second-order valence-electron chi connectivity index (χ2n) is 6.32. The average molecular weight is 443 g/mol. The molecule has 1 heterocycles. The van der Waals surface area contributed by atoms with E-state index in [1.165, 1.54) is 0 Å². The number of hydrogen-bond acceptors (Lipinski definition) is 5. The fraction of sp³-hybridized carbons (Fsp3) is 0.227. The average Bonchev–Trinajstić information content (AvgIpc) is 2.74. The lowest BCUT2D eigenvalue weighted by Crippen LogP contribution is -2.21. The maximum Gasteiger partial charge on any atom is 0.175 e. The van der Waals surface area contributed by atoms with Crippen molar-refractivity contribution in [2.24, 2.45) is 0 Å². The van der Waals surface area contributed by atoms with Gasteiger partial charge in [0.2, 0.25) is 0 Å². The fourth-order valence-corrected chi connectivity index (χ4v) is 3.40. The summed E-state index contributed by atoms with van der Waals surface area (Å²) in [6, 6.07) is 17.4. The molecule has 0 fully saturated rings. The molecule has 0 saturated carbocycles. The molecule has 3 rings (SSSR count). The van der Waals surface area contributed by atoms with E-state index in [0.717, 1.165) is 21.2 Å². The Balaban J connectivity index is 1.60. The largest absolute Gasteiger partial charge is 0.493 e. The van der Waals surface area contributed by atoms with Crippen LogP contribution in [0.2, 0.25) is 0 Å². The van der Waals surface area contributed by atoms with Crippen molar-refractivity contribution in [3.8, 4) is 11.5 Å². The van der Waals surface area contributed by atoms with Gasteiger partial charge in [0.15, 0.2) is 11.5 Å². The molecule has 0 unspecified atom stereocenters. The second-order valence-corrected chi connectivity index (χ2v) is 7.17. The maximum absolute atomic E-state index is 10.3. The van der Waals surface area contributed by atoms with E-state index in [1.807, 2.05) is 54.6 Å². The van der Waals surface area contributed by atoms with Crippen LogP contribution in [-0.4, -0.2) is 23.7 Å². The first-order chi connectivity index (χ1) is 13.7. The smallest absolute Gasteiger partial charge is 0.175 e. The van der Waals surface area contributed by atoms with Gasteiger partial charge in [-0.3, -0.25) is 4.98 Å². The zero-order valence-electron chi connectivity index (χ0n) is 15.6. The van der Waals surface area contributed by atoms with Crippen molar-refractivity contribution < 1.29 is 14.6 Å². The topological polar surface area (TPSA) is 63.6 Å². The Hall–Kier alpha value is -2.41. The Kier molecular flexibility index (Phi) is 7.42. The molecule has 2 N–H and O–H groups in total. The Morgan fingerprint density at radius 3 is 2.64 bits per heavy atom. The number of aliphatic hydroxyl groups is 1. The lowest BCUT2D eigenvalue weighted by molar-refractivity contribution is 0.174. The number of rotatable bonds is 9. The number of hydrogen-bond donors (Lipinski definition) is 2. The van der Waals surface area contributed by atoms with Crippen LogP contribution in [0.3, 0.4) is 0 Å². The van der Waals surface area contributed by atoms with Gasteiger partial charge in [-0.1, -0.05) is 36.4 Å². The Labute approximate surface area is 173 Å². The third-order valence-corrected chi connectivity index (χ3v) is 4.84. The molecule has 146 valence electrons. The predicted molar refractivity (Wildman–Crippen MR) is 112 cm³/mol. The molecule has 6 heteroatoms. The molecule has 3 aromatic rings. The van der Waals surface area contributed by atoms with Crippen LogP contribution >= 0.6 is 15.9 Å². The zero-order valence-corrected chi connectivity index (χ0v) is 17.2. The highest BCUT2D eigenvalue weighted by Gasteiger charge is 2.13. The van der Waals surface area contributed by atoms with Gasteiger partial charge in [-0.15, -0.1) is 0 Å². The highest BCUT2D eigenvalue weighted by Crippen LogP contribution is 2.37. The summed E-state index contributed by atoms with van der Waals surface area (Å²) in [6.45, 7) is 1.47. The Morgan fingerprint density at radius 2 is 1.93 bits per heavy atom. The number of nitrogens with zero attached hydrogens (tertiary/aromatic N) is 1. The van der Waals surface area contributed by atoms with Crippen LogP contribution in [-0.2, 0) is 13.2 Å². The summed E-state index contributed by atoms with van der Waals surface area (Å²) in [5.41, 5.74) is 2.91. The van der Waals surface area contributed by atoms with Crippen molar-refractivity contribution in [3.63, 3.8) is 0 Å². The van der Waals surface area contributed by atoms with Crippen LogP contribution in [0.25, 0.3) is 0 Å². The molecule has 2 aromatic carbocycles. The Morgan fingerprint density at radius 1 is 1.11 bits per heavy atom. The van der Waals surface area contributed by atoms with E-state index in [4.69, 9.17) is 9.47 Å². The van der Waals surface area contributed by atoms with Crippen LogP contribution in [0.4, 0.5) is 0 Å². The summed E-state index contributed by atoms with van der Waals surface area (Å²) in [4.78, 5) is 4.09. The van der Waals surface area contributed by atoms with E-state index in [0.29, 0.717) is 31.2 Å². The van der Waals surface area contributed by atoms with E-state index in [1.54, 1.807) is 19.5 Å². The van der Waals surface area contributed by atoms with Crippen LogP contribution < -0.4 is 14.8 Å². The first-order valence-corrected chi connectivity index (χ1v) is 9.78. The predicted octanol–water partition coefficient (Wildman–Crippen LogP) is 4.25. The highest BCUT2D eigenvalue weighted by molar-refractivity contribution is 9.10. The van der Waals surface area contributed by atoms with E-state index in [2.05, 4.69) is 26.2 Å². The number of halogens is 1. The number of pyridine rings is 1. The number of ether oxygens (including phenoxy) is 2. The molecular weight excluding hydrogens is 420 g/mol. The van der Waals surface area contributed by atoms with E-state index in [-0.39, 0.29) is 0 Å². The number of aromatic nitrogens is 1.